The molecule has 0 aliphatic rings. The highest BCUT2D eigenvalue weighted by atomic mass is 16.8. The summed E-state index contributed by atoms with van der Waals surface area (Å²) in [6.45, 7) is 8.88. The average Bonchev–Trinajstić information content (AvgIpc) is 1.82. The van der Waals surface area contributed by atoms with Gasteiger partial charge in [0.1, 0.15) is 5.60 Å². The third kappa shape index (κ3) is 4.69. The Hall–Kier alpha value is -0.810. The van der Waals surface area contributed by atoms with Crippen LogP contribution in [0.25, 0.3) is 0 Å². The normalized spacial score (nSPS) is 11.6. The Kier molecular flexibility index (Phi) is 4.16. The summed E-state index contributed by atoms with van der Waals surface area (Å²) < 4.78 is 5.03. The van der Waals surface area contributed by atoms with Gasteiger partial charge in [-0.25, -0.2) is 4.79 Å². The van der Waals surface area contributed by atoms with Crippen LogP contribution in [0.1, 0.15) is 34.6 Å². The largest absolute Gasteiger partial charge is 0.442 e. The quantitative estimate of drug-likeness (QED) is 0.669. The Morgan fingerprint density at radius 3 is 2.08 bits per heavy atom. The third-order valence-electron chi connectivity index (χ3n) is 1.16. The summed E-state index contributed by atoms with van der Waals surface area (Å²) in [4.78, 5) is 15.7. The van der Waals surface area contributed by atoms with Crippen LogP contribution in [0.4, 0.5) is 4.79 Å². The zero-order chi connectivity index (χ0) is 10.6. The minimum absolute atomic E-state index is 0.153. The zero-order valence-corrected chi connectivity index (χ0v) is 8.83. The van der Waals surface area contributed by atoms with Crippen molar-refractivity contribution < 1.29 is 14.5 Å². The Balaban J connectivity index is 4.23. The van der Waals surface area contributed by atoms with Gasteiger partial charge in [-0.3, -0.25) is 0 Å². The summed E-state index contributed by atoms with van der Waals surface area (Å²) >= 11 is 0. The molecule has 0 spiro atoms. The van der Waals surface area contributed by atoms with Crippen molar-refractivity contribution in [3.63, 3.8) is 0 Å². The van der Waals surface area contributed by atoms with Crippen LogP contribution >= 0.6 is 0 Å². The molecule has 0 aromatic rings. The number of carbonyl (C=O) groups is 1. The van der Waals surface area contributed by atoms with Crippen LogP contribution < -0.4 is 5.90 Å². The van der Waals surface area contributed by atoms with Gasteiger partial charge in [0.15, 0.2) is 0 Å². The first kappa shape index (κ1) is 12.2. The van der Waals surface area contributed by atoms with Crippen molar-refractivity contribution in [3.8, 4) is 0 Å². The van der Waals surface area contributed by atoms with Crippen molar-refractivity contribution in [3.05, 3.63) is 0 Å². The molecule has 5 heteroatoms. The molecule has 0 aromatic carbocycles. The van der Waals surface area contributed by atoms with E-state index in [1.165, 1.54) is 0 Å². The predicted octanol–water partition coefficient (Wildman–Crippen LogP) is 1.44. The van der Waals surface area contributed by atoms with E-state index < -0.39 is 11.7 Å². The minimum Gasteiger partial charge on any atom is -0.442 e. The van der Waals surface area contributed by atoms with Crippen LogP contribution in [-0.4, -0.2) is 22.8 Å². The van der Waals surface area contributed by atoms with Gasteiger partial charge in [-0.05, 0) is 34.6 Å². The first-order chi connectivity index (χ1) is 5.78. The molecular weight excluding hydrogens is 172 g/mol. The highest BCUT2D eigenvalue weighted by Crippen LogP contribution is 2.11. The summed E-state index contributed by atoms with van der Waals surface area (Å²) in [6.07, 6.45) is -0.579. The highest BCUT2D eigenvalue weighted by molar-refractivity contribution is 5.67. The lowest BCUT2D eigenvalue weighted by Gasteiger charge is -2.26. The van der Waals surface area contributed by atoms with Gasteiger partial charge in [0, 0.05) is 0 Å². The fraction of sp³-hybridized carbons (Fsp3) is 0.875. The van der Waals surface area contributed by atoms with Crippen molar-refractivity contribution in [2.45, 2.75) is 46.3 Å². The fourth-order valence-electron chi connectivity index (χ4n) is 0.682. The van der Waals surface area contributed by atoms with Gasteiger partial charge in [0.2, 0.25) is 0 Å². The van der Waals surface area contributed by atoms with E-state index in [1.807, 2.05) is 0 Å². The molecular formula is C8H18N2O3. The number of carbonyl (C=O) groups excluding carboxylic acids is 1. The number of nitrogens with zero attached hydrogens (tertiary/aromatic N) is 1. The van der Waals surface area contributed by atoms with Gasteiger partial charge < -0.3 is 4.74 Å². The molecule has 0 radical (unpaired) electrons. The van der Waals surface area contributed by atoms with Crippen LogP contribution in [0, 0.1) is 0 Å². The maximum Gasteiger partial charge on any atom is 0.436 e. The second-order valence-electron chi connectivity index (χ2n) is 4.01. The molecule has 2 N–H and O–H groups in total. The monoisotopic (exact) mass is 190 g/mol. The Morgan fingerprint density at radius 2 is 1.85 bits per heavy atom. The van der Waals surface area contributed by atoms with Crippen LogP contribution in [0.2, 0.25) is 0 Å². The second kappa shape index (κ2) is 4.43. The molecule has 0 unspecified atom stereocenters. The minimum atomic E-state index is -0.579. The molecule has 0 rings (SSSR count). The molecule has 0 aliphatic heterocycles. The van der Waals surface area contributed by atoms with Crippen molar-refractivity contribution >= 4 is 6.09 Å². The molecule has 13 heavy (non-hydrogen) atoms. The van der Waals surface area contributed by atoms with Crippen LogP contribution in [0.5, 0.6) is 0 Å². The van der Waals surface area contributed by atoms with Gasteiger partial charge in [-0.1, -0.05) is 0 Å². The number of hydroxylamine groups is 2. The van der Waals surface area contributed by atoms with E-state index in [-0.39, 0.29) is 6.04 Å². The summed E-state index contributed by atoms with van der Waals surface area (Å²) in [7, 11) is 0. The Labute approximate surface area is 78.7 Å². The molecule has 0 saturated carbocycles. The molecule has 0 aromatic heterocycles. The lowest BCUT2D eigenvalue weighted by molar-refractivity contribution is -0.167. The van der Waals surface area contributed by atoms with Crippen molar-refractivity contribution in [2.24, 2.45) is 5.90 Å². The number of rotatable bonds is 2. The van der Waals surface area contributed by atoms with Gasteiger partial charge in [-0.2, -0.15) is 15.9 Å². The molecule has 0 aliphatic carbocycles. The summed E-state index contributed by atoms with van der Waals surface area (Å²) in [5.74, 6) is 4.92. The van der Waals surface area contributed by atoms with Crippen LogP contribution in [-0.2, 0) is 9.68 Å². The Bertz CT molecular complexity index is 175. The molecule has 0 atom stereocenters. The summed E-state index contributed by atoms with van der Waals surface area (Å²) in [6, 6.07) is -0.153. The molecule has 0 fully saturated rings. The molecule has 78 valence electrons. The van der Waals surface area contributed by atoms with Crippen molar-refractivity contribution in [2.75, 3.05) is 0 Å². The van der Waals surface area contributed by atoms with Crippen LogP contribution in [0.15, 0.2) is 0 Å². The number of amides is 1. The SMILES string of the molecule is CC(C)N(ON)C(=O)OC(C)(C)C. The van der Waals surface area contributed by atoms with Crippen molar-refractivity contribution in [1.29, 1.82) is 0 Å². The standard InChI is InChI=1S/C8H18N2O3/c1-6(2)10(13-9)7(11)12-8(3,4)5/h6H,9H2,1-5H3. The lowest BCUT2D eigenvalue weighted by Crippen LogP contribution is -2.42. The van der Waals surface area contributed by atoms with E-state index in [2.05, 4.69) is 4.94 Å². The summed E-state index contributed by atoms with van der Waals surface area (Å²) in [5, 5.41) is 0.977. The number of hydrogen-bond donors (Lipinski definition) is 1. The molecule has 0 heterocycles. The van der Waals surface area contributed by atoms with Crippen LogP contribution in [0.3, 0.4) is 0 Å². The molecule has 0 bridgehead atoms. The zero-order valence-electron chi connectivity index (χ0n) is 8.83. The smallest absolute Gasteiger partial charge is 0.436 e. The lowest BCUT2D eigenvalue weighted by atomic mass is 10.2. The van der Waals surface area contributed by atoms with E-state index in [4.69, 9.17) is 10.6 Å². The number of ether oxygens (including phenoxy) is 1. The second-order valence-corrected chi connectivity index (χ2v) is 4.01. The van der Waals surface area contributed by atoms with Gasteiger partial charge in [-0.15, -0.1) is 0 Å². The number of nitrogens with two attached hydrogens (primary N) is 1. The van der Waals surface area contributed by atoms with E-state index in [1.54, 1.807) is 34.6 Å². The predicted molar refractivity (Wildman–Crippen MR) is 48.5 cm³/mol. The molecule has 1 amide bonds. The maximum atomic E-state index is 11.3. The van der Waals surface area contributed by atoms with E-state index >= 15 is 0 Å². The highest BCUT2D eigenvalue weighted by Gasteiger charge is 2.24. The third-order valence-corrected chi connectivity index (χ3v) is 1.16. The first-order valence-corrected chi connectivity index (χ1v) is 4.17. The van der Waals surface area contributed by atoms with E-state index in [0.717, 1.165) is 5.06 Å². The van der Waals surface area contributed by atoms with E-state index in [9.17, 15) is 4.79 Å². The average molecular weight is 190 g/mol. The molecule has 0 saturated heterocycles. The summed E-state index contributed by atoms with van der Waals surface area (Å²) in [5.41, 5.74) is -0.539. The van der Waals surface area contributed by atoms with E-state index in [0.29, 0.717) is 0 Å². The number of hydrogen-bond acceptors (Lipinski definition) is 4. The Morgan fingerprint density at radius 1 is 1.38 bits per heavy atom. The maximum absolute atomic E-state index is 11.3. The van der Waals surface area contributed by atoms with Gasteiger partial charge in [0.05, 0.1) is 6.04 Å². The topological polar surface area (TPSA) is 64.8 Å². The van der Waals surface area contributed by atoms with Gasteiger partial charge in [0.25, 0.3) is 0 Å². The fourth-order valence-corrected chi connectivity index (χ4v) is 0.682. The molecule has 5 nitrogen and oxygen atoms in total. The van der Waals surface area contributed by atoms with Gasteiger partial charge >= 0.3 is 6.09 Å². The first-order valence-electron chi connectivity index (χ1n) is 4.17. The van der Waals surface area contributed by atoms with Crippen molar-refractivity contribution in [1.82, 2.24) is 5.06 Å².